The van der Waals surface area contributed by atoms with Crippen LogP contribution in [-0.2, 0) is 6.54 Å². The molecule has 4 nitrogen and oxygen atoms in total. The van der Waals surface area contributed by atoms with E-state index in [0.717, 1.165) is 31.0 Å². The van der Waals surface area contributed by atoms with Crippen LogP contribution in [0.4, 0.5) is 0 Å². The van der Waals surface area contributed by atoms with Crippen LogP contribution in [0.5, 0.6) is 0 Å². The Morgan fingerprint density at radius 1 is 1.42 bits per heavy atom. The van der Waals surface area contributed by atoms with Crippen LogP contribution >= 0.6 is 11.6 Å². The predicted octanol–water partition coefficient (Wildman–Crippen LogP) is 2.69. The zero-order valence-corrected chi connectivity index (χ0v) is 11.9. The fraction of sp³-hybridized carbons (Fsp3) is 0.500. The van der Waals surface area contributed by atoms with E-state index < -0.39 is 0 Å². The Morgan fingerprint density at radius 2 is 2.05 bits per heavy atom. The number of benzene rings is 1. The maximum absolute atomic E-state index is 8.66. The molecule has 1 aliphatic rings. The number of oxime groups is 1. The van der Waals surface area contributed by atoms with Crippen molar-refractivity contribution in [1.82, 2.24) is 4.90 Å². The summed E-state index contributed by atoms with van der Waals surface area (Å²) >= 11 is 5.87. The molecule has 0 bridgehead atoms. The Labute approximate surface area is 118 Å². The molecule has 1 fully saturated rings. The summed E-state index contributed by atoms with van der Waals surface area (Å²) in [6.45, 7) is 1.85. The molecule has 0 aliphatic heterocycles. The summed E-state index contributed by atoms with van der Waals surface area (Å²) in [5.41, 5.74) is 7.06. The molecule has 0 aromatic heterocycles. The van der Waals surface area contributed by atoms with Crippen molar-refractivity contribution in [2.45, 2.75) is 25.8 Å². The molecular formula is C14H20ClN3O. The lowest BCUT2D eigenvalue weighted by molar-refractivity contribution is 0.256. The summed E-state index contributed by atoms with van der Waals surface area (Å²) in [5, 5.41) is 12.5. The minimum Gasteiger partial charge on any atom is -0.409 e. The van der Waals surface area contributed by atoms with Gasteiger partial charge in [0.05, 0.1) is 0 Å². The first kappa shape index (κ1) is 14.2. The molecule has 0 amide bonds. The lowest BCUT2D eigenvalue weighted by Crippen LogP contribution is -2.29. The zero-order valence-electron chi connectivity index (χ0n) is 11.1. The fourth-order valence-electron chi connectivity index (χ4n) is 2.52. The van der Waals surface area contributed by atoms with Crippen LogP contribution in [0.3, 0.4) is 0 Å². The first-order chi connectivity index (χ1) is 9.03. The molecule has 3 N–H and O–H groups in total. The van der Waals surface area contributed by atoms with Crippen LogP contribution in [0.15, 0.2) is 29.4 Å². The quantitative estimate of drug-likeness (QED) is 0.365. The Bertz CT molecular complexity index is 454. The van der Waals surface area contributed by atoms with Gasteiger partial charge in [-0.1, -0.05) is 28.9 Å². The Hall–Kier alpha value is -1.26. The van der Waals surface area contributed by atoms with E-state index in [-0.39, 0.29) is 5.41 Å². The zero-order chi connectivity index (χ0) is 13.9. The summed E-state index contributed by atoms with van der Waals surface area (Å²) in [6, 6.07) is 7.91. The highest BCUT2D eigenvalue weighted by atomic mass is 35.5. The van der Waals surface area contributed by atoms with Gasteiger partial charge in [0.15, 0.2) is 0 Å². The maximum Gasteiger partial charge on any atom is 0.139 e. The number of halogens is 1. The molecule has 0 spiro atoms. The van der Waals surface area contributed by atoms with Crippen LogP contribution in [0, 0.1) is 5.41 Å². The molecule has 0 atom stereocenters. The monoisotopic (exact) mass is 281 g/mol. The van der Waals surface area contributed by atoms with Gasteiger partial charge in [0.2, 0.25) is 0 Å². The van der Waals surface area contributed by atoms with Gasteiger partial charge < -0.3 is 15.8 Å². The van der Waals surface area contributed by atoms with Gasteiger partial charge in [-0.15, -0.1) is 0 Å². The van der Waals surface area contributed by atoms with Crippen LogP contribution < -0.4 is 5.73 Å². The Balaban J connectivity index is 1.87. The van der Waals surface area contributed by atoms with Gasteiger partial charge in [0.1, 0.15) is 5.84 Å². The third kappa shape index (κ3) is 4.11. The molecule has 1 aliphatic carbocycles. The fourth-order valence-corrected chi connectivity index (χ4v) is 2.64. The van der Waals surface area contributed by atoms with Crippen molar-refractivity contribution in [3.63, 3.8) is 0 Å². The molecule has 0 heterocycles. The number of rotatable bonds is 6. The maximum atomic E-state index is 8.66. The van der Waals surface area contributed by atoms with Crippen molar-refractivity contribution in [2.75, 3.05) is 13.6 Å². The number of nitrogens with two attached hydrogens (primary N) is 1. The minimum atomic E-state index is 0.206. The van der Waals surface area contributed by atoms with Crippen LogP contribution in [0.2, 0.25) is 5.02 Å². The molecule has 1 saturated carbocycles. The van der Waals surface area contributed by atoms with Crippen molar-refractivity contribution in [3.8, 4) is 0 Å². The van der Waals surface area contributed by atoms with E-state index in [2.05, 4.69) is 17.1 Å². The second-order valence-electron chi connectivity index (χ2n) is 5.57. The number of nitrogens with zero attached hydrogens (tertiary/aromatic N) is 2. The highest BCUT2D eigenvalue weighted by Crippen LogP contribution is 2.49. The van der Waals surface area contributed by atoms with E-state index in [1.54, 1.807) is 0 Å². The van der Waals surface area contributed by atoms with Gasteiger partial charge in [-0.2, -0.15) is 0 Å². The van der Waals surface area contributed by atoms with E-state index >= 15 is 0 Å². The molecule has 0 unspecified atom stereocenters. The second kappa shape index (κ2) is 5.80. The average molecular weight is 282 g/mol. The van der Waals surface area contributed by atoms with E-state index in [4.69, 9.17) is 22.5 Å². The third-order valence-electron chi connectivity index (χ3n) is 3.61. The largest absolute Gasteiger partial charge is 0.409 e. The second-order valence-corrected chi connectivity index (χ2v) is 6.00. The van der Waals surface area contributed by atoms with E-state index in [0.29, 0.717) is 12.3 Å². The summed E-state index contributed by atoms with van der Waals surface area (Å²) in [6.07, 6.45) is 2.97. The van der Waals surface area contributed by atoms with Crippen LogP contribution in [0.25, 0.3) is 0 Å². The van der Waals surface area contributed by atoms with Gasteiger partial charge in [0, 0.05) is 24.5 Å². The summed E-state index contributed by atoms with van der Waals surface area (Å²) in [4.78, 5) is 2.28. The Morgan fingerprint density at radius 3 is 2.58 bits per heavy atom. The lowest BCUT2D eigenvalue weighted by Gasteiger charge is -2.23. The lowest BCUT2D eigenvalue weighted by atomic mass is 10.0. The first-order valence-electron chi connectivity index (χ1n) is 6.42. The van der Waals surface area contributed by atoms with Gasteiger partial charge in [0.25, 0.3) is 0 Å². The smallest absolute Gasteiger partial charge is 0.139 e. The minimum absolute atomic E-state index is 0.206. The summed E-state index contributed by atoms with van der Waals surface area (Å²) < 4.78 is 0. The third-order valence-corrected chi connectivity index (χ3v) is 3.86. The standard InChI is InChI=1S/C14H20ClN3O/c1-18(9-11-2-4-12(15)5-3-11)10-14(6-7-14)8-13(16)17-19/h2-5,19H,6-10H2,1H3,(H2,16,17). The number of amidine groups is 1. The van der Waals surface area contributed by atoms with Crippen molar-refractivity contribution < 1.29 is 5.21 Å². The molecule has 5 heteroatoms. The average Bonchev–Trinajstić information content (AvgIpc) is 3.11. The molecule has 1 aromatic rings. The molecule has 0 radical (unpaired) electrons. The van der Waals surface area contributed by atoms with Gasteiger partial charge in [-0.25, -0.2) is 0 Å². The van der Waals surface area contributed by atoms with Crippen molar-refractivity contribution in [2.24, 2.45) is 16.3 Å². The number of hydrogen-bond donors (Lipinski definition) is 2. The topological polar surface area (TPSA) is 61.8 Å². The van der Waals surface area contributed by atoms with Gasteiger partial charge >= 0.3 is 0 Å². The van der Waals surface area contributed by atoms with Crippen molar-refractivity contribution in [3.05, 3.63) is 34.9 Å². The molecule has 104 valence electrons. The highest BCUT2D eigenvalue weighted by Gasteiger charge is 2.43. The molecule has 1 aromatic carbocycles. The Kier molecular flexibility index (Phi) is 4.32. The predicted molar refractivity (Wildman–Crippen MR) is 77.5 cm³/mol. The normalized spacial score (nSPS) is 17.7. The van der Waals surface area contributed by atoms with Crippen molar-refractivity contribution >= 4 is 17.4 Å². The number of hydrogen-bond acceptors (Lipinski definition) is 3. The van der Waals surface area contributed by atoms with Gasteiger partial charge in [-0.3, -0.25) is 0 Å². The highest BCUT2D eigenvalue weighted by molar-refractivity contribution is 6.30. The molecule has 19 heavy (non-hydrogen) atoms. The van der Waals surface area contributed by atoms with E-state index in [9.17, 15) is 0 Å². The van der Waals surface area contributed by atoms with Crippen LogP contribution in [-0.4, -0.2) is 29.5 Å². The van der Waals surface area contributed by atoms with Crippen molar-refractivity contribution in [1.29, 1.82) is 0 Å². The first-order valence-corrected chi connectivity index (χ1v) is 6.80. The van der Waals surface area contributed by atoms with Gasteiger partial charge in [-0.05, 0) is 43.0 Å². The summed E-state index contributed by atoms with van der Waals surface area (Å²) in [7, 11) is 2.10. The molecular weight excluding hydrogens is 262 g/mol. The summed E-state index contributed by atoms with van der Waals surface area (Å²) in [5.74, 6) is 0.331. The SMILES string of the molecule is CN(Cc1ccc(Cl)cc1)CC1(CC(N)=NO)CC1. The van der Waals surface area contributed by atoms with E-state index in [1.807, 2.05) is 24.3 Å². The molecule has 2 rings (SSSR count). The van der Waals surface area contributed by atoms with E-state index in [1.165, 1.54) is 5.56 Å². The molecule has 0 saturated heterocycles. The van der Waals surface area contributed by atoms with Crippen LogP contribution in [0.1, 0.15) is 24.8 Å².